The van der Waals surface area contributed by atoms with Gasteiger partial charge in [-0.05, 0) is 25.1 Å². The highest BCUT2D eigenvalue weighted by molar-refractivity contribution is 5.48. The molecule has 0 aromatic heterocycles. The maximum atomic E-state index is 10.5. The molecule has 0 atom stereocenters. The van der Waals surface area contributed by atoms with Gasteiger partial charge in [-0.3, -0.25) is 19.9 Å². The van der Waals surface area contributed by atoms with Gasteiger partial charge < -0.3 is 5.32 Å². The van der Waals surface area contributed by atoms with E-state index in [9.17, 15) is 10.1 Å². The monoisotopic (exact) mass is 278 g/mol. The number of nitro groups is 1. The van der Waals surface area contributed by atoms with E-state index in [0.717, 1.165) is 45.0 Å². The van der Waals surface area contributed by atoms with Crippen molar-refractivity contribution < 1.29 is 4.92 Å². The molecule has 110 valence electrons. The van der Waals surface area contributed by atoms with Gasteiger partial charge in [0.15, 0.2) is 0 Å². The van der Waals surface area contributed by atoms with Gasteiger partial charge in [0.1, 0.15) is 0 Å². The highest BCUT2D eigenvalue weighted by atomic mass is 16.6. The molecule has 1 N–H and O–H groups in total. The molecule has 1 aliphatic rings. The van der Waals surface area contributed by atoms with Crippen LogP contribution in [0.2, 0.25) is 0 Å². The summed E-state index contributed by atoms with van der Waals surface area (Å²) in [7, 11) is 0. The first-order chi connectivity index (χ1) is 9.69. The van der Waals surface area contributed by atoms with Crippen LogP contribution in [0.25, 0.3) is 0 Å². The quantitative estimate of drug-likeness (QED) is 0.469. The SMILES string of the molecule is CCN1CCN(CCCNc2ccc([N+](=O)[O-])cc2)C1. The molecule has 0 aliphatic carbocycles. The van der Waals surface area contributed by atoms with Gasteiger partial charge in [-0.2, -0.15) is 0 Å². The van der Waals surface area contributed by atoms with Crippen LogP contribution < -0.4 is 5.32 Å². The van der Waals surface area contributed by atoms with E-state index in [-0.39, 0.29) is 10.6 Å². The molecule has 0 spiro atoms. The van der Waals surface area contributed by atoms with Crippen LogP contribution in [0, 0.1) is 10.1 Å². The predicted molar refractivity (Wildman–Crippen MR) is 79.9 cm³/mol. The molecule has 1 heterocycles. The summed E-state index contributed by atoms with van der Waals surface area (Å²) in [4.78, 5) is 15.1. The Labute approximate surface area is 119 Å². The van der Waals surface area contributed by atoms with Gasteiger partial charge in [-0.25, -0.2) is 0 Å². The summed E-state index contributed by atoms with van der Waals surface area (Å²) >= 11 is 0. The Hall–Kier alpha value is -1.66. The van der Waals surface area contributed by atoms with Crippen LogP contribution >= 0.6 is 0 Å². The van der Waals surface area contributed by atoms with Crippen molar-refractivity contribution in [3.8, 4) is 0 Å². The van der Waals surface area contributed by atoms with Gasteiger partial charge in [0.2, 0.25) is 0 Å². The molecule has 0 amide bonds. The van der Waals surface area contributed by atoms with Crippen LogP contribution in [0.3, 0.4) is 0 Å². The van der Waals surface area contributed by atoms with E-state index in [4.69, 9.17) is 0 Å². The fraction of sp³-hybridized carbons (Fsp3) is 0.571. The highest BCUT2D eigenvalue weighted by Crippen LogP contribution is 2.15. The molecule has 0 bridgehead atoms. The zero-order chi connectivity index (χ0) is 14.4. The van der Waals surface area contributed by atoms with Crippen molar-refractivity contribution in [2.75, 3.05) is 44.7 Å². The Morgan fingerprint density at radius 3 is 2.55 bits per heavy atom. The summed E-state index contributed by atoms with van der Waals surface area (Å²) < 4.78 is 0. The van der Waals surface area contributed by atoms with Crippen LogP contribution in [-0.2, 0) is 0 Å². The van der Waals surface area contributed by atoms with E-state index in [1.807, 2.05) is 0 Å². The minimum absolute atomic E-state index is 0.132. The Morgan fingerprint density at radius 2 is 1.95 bits per heavy atom. The minimum Gasteiger partial charge on any atom is -0.385 e. The molecule has 0 saturated carbocycles. The average molecular weight is 278 g/mol. The third-order valence-electron chi connectivity index (χ3n) is 3.64. The number of benzene rings is 1. The van der Waals surface area contributed by atoms with Crippen molar-refractivity contribution in [1.82, 2.24) is 9.80 Å². The largest absolute Gasteiger partial charge is 0.385 e. The molecule has 1 fully saturated rings. The topological polar surface area (TPSA) is 61.6 Å². The Bertz CT molecular complexity index is 435. The minimum atomic E-state index is -0.378. The molecular weight excluding hydrogens is 256 g/mol. The zero-order valence-electron chi connectivity index (χ0n) is 11.9. The van der Waals surface area contributed by atoms with Crippen molar-refractivity contribution in [2.24, 2.45) is 0 Å². The normalized spacial score (nSPS) is 16.4. The highest BCUT2D eigenvalue weighted by Gasteiger charge is 2.17. The van der Waals surface area contributed by atoms with Gasteiger partial charge >= 0.3 is 0 Å². The smallest absolute Gasteiger partial charge is 0.269 e. The van der Waals surface area contributed by atoms with Gasteiger partial charge in [0.25, 0.3) is 5.69 Å². The molecule has 6 nitrogen and oxygen atoms in total. The van der Waals surface area contributed by atoms with Crippen LogP contribution in [-0.4, -0.2) is 54.1 Å². The van der Waals surface area contributed by atoms with Gasteiger partial charge in [0, 0.05) is 44.0 Å². The summed E-state index contributed by atoms with van der Waals surface area (Å²) in [5, 5.41) is 13.8. The van der Waals surface area contributed by atoms with Crippen molar-refractivity contribution in [3.63, 3.8) is 0 Å². The van der Waals surface area contributed by atoms with Crippen molar-refractivity contribution in [3.05, 3.63) is 34.4 Å². The van der Waals surface area contributed by atoms with Crippen LogP contribution in [0.1, 0.15) is 13.3 Å². The number of rotatable bonds is 7. The van der Waals surface area contributed by atoms with E-state index in [1.165, 1.54) is 18.7 Å². The van der Waals surface area contributed by atoms with Crippen LogP contribution in [0.4, 0.5) is 11.4 Å². The van der Waals surface area contributed by atoms with E-state index >= 15 is 0 Å². The number of nitrogens with one attached hydrogen (secondary N) is 1. The molecule has 1 aromatic rings. The average Bonchev–Trinajstić information content (AvgIpc) is 2.92. The summed E-state index contributed by atoms with van der Waals surface area (Å²) in [6, 6.07) is 6.57. The Kier molecular flexibility index (Phi) is 5.31. The molecule has 20 heavy (non-hydrogen) atoms. The molecule has 2 rings (SSSR count). The second kappa shape index (κ2) is 7.21. The first-order valence-electron chi connectivity index (χ1n) is 7.12. The lowest BCUT2D eigenvalue weighted by molar-refractivity contribution is -0.384. The van der Waals surface area contributed by atoms with Crippen LogP contribution in [0.5, 0.6) is 0 Å². The lowest BCUT2D eigenvalue weighted by Gasteiger charge is -2.16. The predicted octanol–water partition coefficient (Wildman–Crippen LogP) is 1.99. The second-order valence-corrected chi connectivity index (χ2v) is 5.05. The maximum Gasteiger partial charge on any atom is 0.269 e. The van der Waals surface area contributed by atoms with Gasteiger partial charge in [0.05, 0.1) is 11.6 Å². The van der Waals surface area contributed by atoms with Crippen molar-refractivity contribution >= 4 is 11.4 Å². The zero-order valence-corrected chi connectivity index (χ0v) is 11.9. The molecular formula is C14H22N4O2. The molecule has 0 unspecified atom stereocenters. The molecule has 1 saturated heterocycles. The number of hydrogen-bond donors (Lipinski definition) is 1. The van der Waals surface area contributed by atoms with Crippen molar-refractivity contribution in [2.45, 2.75) is 13.3 Å². The molecule has 1 aromatic carbocycles. The summed E-state index contributed by atoms with van der Waals surface area (Å²) in [5.74, 6) is 0. The standard InChI is InChI=1S/C14H22N4O2/c1-2-16-10-11-17(12-16)9-3-8-15-13-4-6-14(7-5-13)18(19)20/h4-7,15H,2-3,8-12H2,1H3. The first-order valence-corrected chi connectivity index (χ1v) is 7.12. The third kappa shape index (κ3) is 4.18. The second-order valence-electron chi connectivity index (χ2n) is 5.05. The van der Waals surface area contributed by atoms with E-state index in [1.54, 1.807) is 12.1 Å². The third-order valence-corrected chi connectivity index (χ3v) is 3.64. The van der Waals surface area contributed by atoms with Crippen molar-refractivity contribution in [1.29, 1.82) is 0 Å². The first kappa shape index (κ1) is 14.7. The Balaban J connectivity index is 1.65. The van der Waals surface area contributed by atoms with Crippen LogP contribution in [0.15, 0.2) is 24.3 Å². The Morgan fingerprint density at radius 1 is 1.25 bits per heavy atom. The maximum absolute atomic E-state index is 10.5. The number of nitro benzene ring substituents is 1. The van der Waals surface area contributed by atoms with E-state index < -0.39 is 0 Å². The lowest BCUT2D eigenvalue weighted by Crippen LogP contribution is -2.27. The van der Waals surface area contributed by atoms with E-state index in [2.05, 4.69) is 22.0 Å². The van der Waals surface area contributed by atoms with E-state index in [0.29, 0.717) is 0 Å². The molecule has 1 aliphatic heterocycles. The number of likely N-dealkylation sites (N-methyl/N-ethyl adjacent to an activating group) is 1. The number of anilines is 1. The number of nitrogens with zero attached hydrogens (tertiary/aromatic N) is 3. The summed E-state index contributed by atoms with van der Waals surface area (Å²) in [5.41, 5.74) is 1.07. The summed E-state index contributed by atoms with van der Waals surface area (Å²) in [6.45, 7) is 8.71. The molecule has 6 heteroatoms. The summed E-state index contributed by atoms with van der Waals surface area (Å²) in [6.07, 6.45) is 1.08. The van der Waals surface area contributed by atoms with Gasteiger partial charge in [-0.15, -0.1) is 0 Å². The lowest BCUT2D eigenvalue weighted by atomic mass is 10.3. The number of non-ortho nitro benzene ring substituents is 1. The fourth-order valence-electron chi connectivity index (χ4n) is 2.38. The fourth-order valence-corrected chi connectivity index (χ4v) is 2.38. The van der Waals surface area contributed by atoms with Gasteiger partial charge in [-0.1, -0.05) is 6.92 Å². The molecule has 0 radical (unpaired) electrons. The number of hydrogen-bond acceptors (Lipinski definition) is 5.